The molecule has 2 rings (SSSR count). The molecule has 1 aliphatic rings. The topological polar surface area (TPSA) is 75.4 Å². The maximum absolute atomic E-state index is 11.5. The summed E-state index contributed by atoms with van der Waals surface area (Å²) in [5.74, 6) is -0.189. The highest BCUT2D eigenvalue weighted by atomic mass is 35.5. The average Bonchev–Trinajstić information content (AvgIpc) is 3.06. The lowest BCUT2D eigenvalue weighted by atomic mass is 10.1. The number of nitrogens with one attached hydrogen (secondary N) is 1. The standard InChI is InChI=1S/C12H15ClN2O2.ClH/c13-9-3-1-8(2-4-9)10(16)7-15-11(17)12(14)5-6-12;/h1-4,10,16H,5-7,14H2,(H,15,17);1H. The fraction of sp³-hybridized carbons (Fsp3) is 0.417. The fourth-order valence-corrected chi connectivity index (χ4v) is 1.66. The minimum absolute atomic E-state index is 0. The van der Waals surface area contributed by atoms with Crippen LogP contribution in [-0.2, 0) is 4.79 Å². The largest absolute Gasteiger partial charge is 0.387 e. The van der Waals surface area contributed by atoms with E-state index in [2.05, 4.69) is 5.32 Å². The van der Waals surface area contributed by atoms with Crippen LogP contribution in [0.2, 0.25) is 5.02 Å². The molecule has 0 aliphatic heterocycles. The SMILES string of the molecule is Cl.NC1(C(=O)NCC(O)c2ccc(Cl)cc2)CC1. The molecule has 0 saturated heterocycles. The number of halogens is 2. The number of rotatable bonds is 4. The van der Waals surface area contributed by atoms with E-state index < -0.39 is 11.6 Å². The van der Waals surface area contributed by atoms with Gasteiger partial charge in [0.1, 0.15) is 0 Å². The normalized spacial score (nSPS) is 17.5. The Labute approximate surface area is 117 Å². The van der Waals surface area contributed by atoms with Crippen LogP contribution in [0.1, 0.15) is 24.5 Å². The van der Waals surface area contributed by atoms with Gasteiger partial charge < -0.3 is 16.2 Å². The number of aliphatic hydroxyl groups excluding tert-OH is 1. The molecular formula is C12H16Cl2N2O2. The summed E-state index contributed by atoms with van der Waals surface area (Å²) in [4.78, 5) is 11.5. The quantitative estimate of drug-likeness (QED) is 0.785. The molecule has 1 fully saturated rings. The highest BCUT2D eigenvalue weighted by Crippen LogP contribution is 2.32. The summed E-state index contributed by atoms with van der Waals surface area (Å²) < 4.78 is 0. The van der Waals surface area contributed by atoms with Crippen LogP contribution in [-0.4, -0.2) is 23.1 Å². The number of carbonyl (C=O) groups is 1. The van der Waals surface area contributed by atoms with Crippen LogP contribution in [0.5, 0.6) is 0 Å². The second kappa shape index (κ2) is 5.89. The molecule has 1 aromatic rings. The Bertz CT molecular complexity index is 419. The van der Waals surface area contributed by atoms with Gasteiger partial charge in [0.15, 0.2) is 0 Å². The van der Waals surface area contributed by atoms with Gasteiger partial charge in [-0.1, -0.05) is 23.7 Å². The molecule has 18 heavy (non-hydrogen) atoms. The Balaban J connectivity index is 0.00000162. The van der Waals surface area contributed by atoms with Crippen molar-refractivity contribution in [1.29, 1.82) is 0 Å². The maximum Gasteiger partial charge on any atom is 0.240 e. The number of hydrogen-bond acceptors (Lipinski definition) is 3. The van der Waals surface area contributed by atoms with Gasteiger partial charge in [-0.25, -0.2) is 0 Å². The molecule has 1 aromatic carbocycles. The molecule has 1 amide bonds. The lowest BCUT2D eigenvalue weighted by molar-refractivity contribution is -0.123. The molecule has 0 aromatic heterocycles. The van der Waals surface area contributed by atoms with Gasteiger partial charge in [0, 0.05) is 11.6 Å². The molecule has 4 nitrogen and oxygen atoms in total. The zero-order valence-electron chi connectivity index (χ0n) is 9.73. The van der Waals surface area contributed by atoms with Crippen LogP contribution in [0.15, 0.2) is 24.3 Å². The average molecular weight is 291 g/mol. The Morgan fingerprint density at radius 2 is 2.00 bits per heavy atom. The summed E-state index contributed by atoms with van der Waals surface area (Å²) in [6.45, 7) is 0.166. The van der Waals surface area contributed by atoms with Gasteiger partial charge in [0.05, 0.1) is 11.6 Å². The first kappa shape index (κ1) is 15.2. The van der Waals surface area contributed by atoms with Crippen molar-refractivity contribution in [2.75, 3.05) is 6.54 Å². The Hall–Kier alpha value is -0.810. The minimum Gasteiger partial charge on any atom is -0.387 e. The zero-order chi connectivity index (χ0) is 12.5. The molecule has 4 N–H and O–H groups in total. The predicted octanol–water partition coefficient (Wildman–Crippen LogP) is 1.40. The predicted molar refractivity (Wildman–Crippen MR) is 72.8 cm³/mol. The Morgan fingerprint density at radius 3 is 2.50 bits per heavy atom. The van der Waals surface area contributed by atoms with E-state index in [1.54, 1.807) is 24.3 Å². The summed E-state index contributed by atoms with van der Waals surface area (Å²) in [7, 11) is 0. The third kappa shape index (κ3) is 3.59. The van der Waals surface area contributed by atoms with Gasteiger partial charge in [-0.3, -0.25) is 4.79 Å². The van der Waals surface area contributed by atoms with Crippen LogP contribution in [0.3, 0.4) is 0 Å². The van der Waals surface area contributed by atoms with Gasteiger partial charge >= 0.3 is 0 Å². The van der Waals surface area contributed by atoms with Gasteiger partial charge in [-0.15, -0.1) is 12.4 Å². The number of amides is 1. The van der Waals surface area contributed by atoms with Crippen LogP contribution in [0.25, 0.3) is 0 Å². The van der Waals surface area contributed by atoms with Crippen molar-refractivity contribution in [2.45, 2.75) is 24.5 Å². The van der Waals surface area contributed by atoms with Gasteiger partial charge in [-0.05, 0) is 30.5 Å². The summed E-state index contributed by atoms with van der Waals surface area (Å²) in [5.41, 5.74) is 5.75. The third-order valence-electron chi connectivity index (χ3n) is 2.95. The molecule has 0 bridgehead atoms. The molecule has 0 spiro atoms. The van der Waals surface area contributed by atoms with Crippen molar-refractivity contribution in [3.8, 4) is 0 Å². The summed E-state index contributed by atoms with van der Waals surface area (Å²) >= 11 is 5.74. The van der Waals surface area contributed by atoms with E-state index in [1.807, 2.05) is 0 Å². The molecular weight excluding hydrogens is 275 g/mol. The van der Waals surface area contributed by atoms with Crippen molar-refractivity contribution in [2.24, 2.45) is 5.73 Å². The molecule has 6 heteroatoms. The summed E-state index contributed by atoms with van der Waals surface area (Å²) in [6, 6.07) is 6.86. The number of aliphatic hydroxyl groups is 1. The van der Waals surface area contributed by atoms with E-state index >= 15 is 0 Å². The molecule has 0 radical (unpaired) electrons. The van der Waals surface area contributed by atoms with Crippen molar-refractivity contribution in [3.05, 3.63) is 34.9 Å². The first-order valence-corrected chi connectivity index (χ1v) is 5.90. The van der Waals surface area contributed by atoms with Crippen LogP contribution in [0.4, 0.5) is 0 Å². The Kier molecular flexibility index (Phi) is 4.99. The lowest BCUT2D eigenvalue weighted by Crippen LogP contribution is -2.44. The van der Waals surface area contributed by atoms with Crippen LogP contribution >= 0.6 is 24.0 Å². The fourth-order valence-electron chi connectivity index (χ4n) is 1.53. The van der Waals surface area contributed by atoms with Crippen LogP contribution in [0, 0.1) is 0 Å². The first-order valence-electron chi connectivity index (χ1n) is 5.52. The van der Waals surface area contributed by atoms with E-state index in [4.69, 9.17) is 17.3 Å². The van der Waals surface area contributed by atoms with Crippen molar-refractivity contribution in [3.63, 3.8) is 0 Å². The third-order valence-corrected chi connectivity index (χ3v) is 3.20. The summed E-state index contributed by atoms with van der Waals surface area (Å²) in [6.07, 6.45) is 0.699. The highest BCUT2D eigenvalue weighted by molar-refractivity contribution is 6.30. The van der Waals surface area contributed by atoms with Crippen LogP contribution < -0.4 is 11.1 Å². The second-order valence-electron chi connectivity index (χ2n) is 4.43. The van der Waals surface area contributed by atoms with E-state index in [1.165, 1.54) is 0 Å². The number of benzene rings is 1. The second-order valence-corrected chi connectivity index (χ2v) is 4.87. The zero-order valence-corrected chi connectivity index (χ0v) is 11.3. The van der Waals surface area contributed by atoms with Crippen molar-refractivity contribution in [1.82, 2.24) is 5.32 Å². The van der Waals surface area contributed by atoms with Gasteiger partial charge in [0.25, 0.3) is 0 Å². The van der Waals surface area contributed by atoms with E-state index in [0.717, 1.165) is 18.4 Å². The molecule has 0 heterocycles. The molecule has 1 saturated carbocycles. The smallest absolute Gasteiger partial charge is 0.240 e. The number of hydrogen-bond donors (Lipinski definition) is 3. The molecule has 1 aliphatic carbocycles. The number of carbonyl (C=O) groups excluding carboxylic acids is 1. The lowest BCUT2D eigenvalue weighted by Gasteiger charge is -2.14. The van der Waals surface area contributed by atoms with Gasteiger partial charge in [0.2, 0.25) is 5.91 Å². The van der Waals surface area contributed by atoms with E-state index in [0.29, 0.717) is 5.02 Å². The van der Waals surface area contributed by atoms with E-state index in [-0.39, 0.29) is 24.9 Å². The first-order chi connectivity index (χ1) is 8.01. The Morgan fingerprint density at radius 1 is 1.44 bits per heavy atom. The molecule has 100 valence electrons. The molecule has 1 unspecified atom stereocenters. The molecule has 1 atom stereocenters. The van der Waals surface area contributed by atoms with Crippen molar-refractivity contribution < 1.29 is 9.90 Å². The number of nitrogens with two attached hydrogens (primary N) is 1. The van der Waals surface area contributed by atoms with Gasteiger partial charge in [-0.2, -0.15) is 0 Å². The highest BCUT2D eigenvalue weighted by Gasteiger charge is 2.45. The summed E-state index contributed by atoms with van der Waals surface area (Å²) in [5, 5.41) is 13.1. The monoisotopic (exact) mass is 290 g/mol. The maximum atomic E-state index is 11.5. The van der Waals surface area contributed by atoms with E-state index in [9.17, 15) is 9.90 Å². The van der Waals surface area contributed by atoms with Crippen molar-refractivity contribution >= 4 is 29.9 Å². The minimum atomic E-state index is -0.737.